The number of amides is 2. The number of aryl methyl sites for hydroxylation is 2. The molecule has 0 radical (unpaired) electrons. The molecule has 0 spiro atoms. The van der Waals surface area contributed by atoms with Gasteiger partial charge >= 0.3 is 0 Å². The molecule has 0 aliphatic carbocycles. The van der Waals surface area contributed by atoms with Gasteiger partial charge in [-0.1, -0.05) is 54.2 Å². The summed E-state index contributed by atoms with van der Waals surface area (Å²) in [7, 11) is 3.17. The molecule has 3 aromatic carbocycles. The van der Waals surface area contributed by atoms with Crippen LogP contribution in [0.25, 0.3) is 0 Å². The molecule has 40 heavy (non-hydrogen) atoms. The highest BCUT2D eigenvalue weighted by Gasteiger charge is 2.32. The Morgan fingerprint density at radius 1 is 0.850 bits per heavy atom. The van der Waals surface area contributed by atoms with E-state index in [9.17, 15) is 9.59 Å². The number of nitrogens with zero attached hydrogens (tertiary/aromatic N) is 3. The second-order valence-corrected chi connectivity index (χ2v) is 10.1. The van der Waals surface area contributed by atoms with Crippen LogP contribution < -0.4 is 14.8 Å². The Hall–Kier alpha value is -4.37. The minimum atomic E-state index is -0.915. The van der Waals surface area contributed by atoms with Gasteiger partial charge in [-0.25, -0.2) is 9.97 Å². The van der Waals surface area contributed by atoms with Crippen molar-refractivity contribution < 1.29 is 19.1 Å². The van der Waals surface area contributed by atoms with Crippen LogP contribution in [-0.4, -0.2) is 46.7 Å². The number of anilines is 1. The van der Waals surface area contributed by atoms with Crippen molar-refractivity contribution in [3.05, 3.63) is 107 Å². The van der Waals surface area contributed by atoms with Crippen molar-refractivity contribution in [3.8, 4) is 11.5 Å². The zero-order valence-electron chi connectivity index (χ0n) is 23.0. The van der Waals surface area contributed by atoms with Gasteiger partial charge in [-0.15, -0.1) is 0 Å². The van der Waals surface area contributed by atoms with Crippen molar-refractivity contribution in [2.75, 3.05) is 25.3 Å². The van der Waals surface area contributed by atoms with Crippen LogP contribution in [0.15, 0.2) is 90.1 Å². The zero-order valence-corrected chi connectivity index (χ0v) is 23.8. The number of benzene rings is 3. The lowest BCUT2D eigenvalue weighted by molar-refractivity contribution is -0.137. The van der Waals surface area contributed by atoms with Crippen LogP contribution in [-0.2, 0) is 16.1 Å². The molecular weight excluding hydrogens is 524 g/mol. The molecule has 1 aromatic heterocycles. The van der Waals surface area contributed by atoms with E-state index in [2.05, 4.69) is 15.3 Å². The number of nitrogens with one attached hydrogen (secondary N) is 1. The van der Waals surface area contributed by atoms with Crippen molar-refractivity contribution in [2.45, 2.75) is 31.6 Å². The van der Waals surface area contributed by atoms with Crippen molar-refractivity contribution in [1.29, 1.82) is 0 Å². The van der Waals surface area contributed by atoms with Gasteiger partial charge in [0, 0.05) is 23.6 Å². The average Bonchev–Trinajstić information content (AvgIpc) is 2.96. The van der Waals surface area contributed by atoms with E-state index in [4.69, 9.17) is 9.47 Å². The van der Waals surface area contributed by atoms with Crippen molar-refractivity contribution in [1.82, 2.24) is 14.9 Å². The Balaban J connectivity index is 1.69. The minimum absolute atomic E-state index is 0.0677. The Morgan fingerprint density at radius 3 is 2.00 bits per heavy atom. The Morgan fingerprint density at radius 2 is 1.43 bits per heavy atom. The maximum Gasteiger partial charge on any atom is 0.251 e. The van der Waals surface area contributed by atoms with Crippen LogP contribution in [0.2, 0.25) is 0 Å². The number of ether oxygens (including phenoxy) is 2. The fourth-order valence-electron chi connectivity index (χ4n) is 4.21. The fourth-order valence-corrected chi connectivity index (χ4v) is 5.05. The normalized spacial score (nSPS) is 11.4. The molecule has 4 aromatic rings. The van der Waals surface area contributed by atoms with E-state index in [1.54, 1.807) is 55.5 Å². The van der Waals surface area contributed by atoms with E-state index in [0.29, 0.717) is 27.9 Å². The lowest BCUT2D eigenvalue weighted by Crippen LogP contribution is -2.41. The monoisotopic (exact) mass is 556 g/mol. The number of rotatable bonds is 11. The Labute approximate surface area is 238 Å². The molecule has 1 unspecified atom stereocenters. The van der Waals surface area contributed by atoms with Gasteiger partial charge in [-0.05, 0) is 67.4 Å². The van der Waals surface area contributed by atoms with E-state index >= 15 is 0 Å². The number of carbonyl (C=O) groups excluding carboxylic acids is 2. The van der Waals surface area contributed by atoms with E-state index in [1.165, 1.54) is 11.8 Å². The van der Waals surface area contributed by atoms with E-state index in [-0.39, 0.29) is 24.1 Å². The first-order valence-electron chi connectivity index (χ1n) is 12.7. The third-order valence-corrected chi connectivity index (χ3v) is 6.98. The third-order valence-electron chi connectivity index (χ3n) is 6.15. The molecule has 0 aliphatic heterocycles. The summed E-state index contributed by atoms with van der Waals surface area (Å²) < 4.78 is 10.6. The van der Waals surface area contributed by atoms with Crippen molar-refractivity contribution in [3.63, 3.8) is 0 Å². The summed E-state index contributed by atoms with van der Waals surface area (Å²) in [5.74, 6) is 0.838. The Kier molecular flexibility index (Phi) is 9.75. The summed E-state index contributed by atoms with van der Waals surface area (Å²) in [6, 6.07) is 24.8. The smallest absolute Gasteiger partial charge is 0.251 e. The molecule has 1 N–H and O–H groups in total. The maximum atomic E-state index is 13.9. The molecule has 2 amide bonds. The molecule has 4 rings (SSSR count). The van der Waals surface area contributed by atoms with Gasteiger partial charge in [0.2, 0.25) is 5.91 Å². The average molecular weight is 557 g/mol. The number of thioether (sulfide) groups is 1. The maximum absolute atomic E-state index is 13.9. The van der Waals surface area contributed by atoms with Gasteiger partial charge in [0.25, 0.3) is 5.91 Å². The highest BCUT2D eigenvalue weighted by molar-refractivity contribution is 7.99. The van der Waals surface area contributed by atoms with Gasteiger partial charge in [-0.2, -0.15) is 0 Å². The SMILES string of the molecule is COc1ccc(NC(=O)C(c2ccc(OC)cc2)N(Cc2ccccc2)C(=O)CSc2nc(C)cc(C)n2)cc1. The molecule has 0 bridgehead atoms. The van der Waals surface area contributed by atoms with Gasteiger partial charge in [0.05, 0.1) is 20.0 Å². The summed E-state index contributed by atoms with van der Waals surface area (Å²) >= 11 is 1.26. The van der Waals surface area contributed by atoms with Crippen LogP contribution in [0.4, 0.5) is 5.69 Å². The summed E-state index contributed by atoms with van der Waals surface area (Å²) in [5, 5.41) is 3.50. The number of methoxy groups -OCH3 is 2. The zero-order chi connectivity index (χ0) is 28.5. The van der Waals surface area contributed by atoms with E-state index < -0.39 is 6.04 Å². The topological polar surface area (TPSA) is 93.7 Å². The van der Waals surface area contributed by atoms with Crippen LogP contribution in [0.1, 0.15) is 28.6 Å². The number of carbonyl (C=O) groups is 2. The first-order chi connectivity index (χ1) is 19.4. The molecule has 1 heterocycles. The van der Waals surface area contributed by atoms with Crippen molar-refractivity contribution in [2.24, 2.45) is 0 Å². The summed E-state index contributed by atoms with van der Waals surface area (Å²) in [6.07, 6.45) is 0. The summed E-state index contributed by atoms with van der Waals surface area (Å²) in [5.41, 5.74) is 3.81. The third kappa shape index (κ3) is 7.60. The molecular formula is C31H32N4O4S. The number of hydrogen-bond donors (Lipinski definition) is 1. The lowest BCUT2D eigenvalue weighted by atomic mass is 10.0. The predicted molar refractivity (Wildman–Crippen MR) is 157 cm³/mol. The highest BCUT2D eigenvalue weighted by Crippen LogP contribution is 2.29. The molecule has 206 valence electrons. The van der Waals surface area contributed by atoms with Crippen LogP contribution in [0, 0.1) is 13.8 Å². The Bertz CT molecular complexity index is 1410. The molecule has 0 saturated carbocycles. The van der Waals surface area contributed by atoms with Crippen LogP contribution in [0.3, 0.4) is 0 Å². The van der Waals surface area contributed by atoms with Gasteiger partial charge in [0.1, 0.15) is 17.5 Å². The molecule has 1 atom stereocenters. The van der Waals surface area contributed by atoms with E-state index in [0.717, 1.165) is 17.0 Å². The lowest BCUT2D eigenvalue weighted by Gasteiger charge is -2.31. The van der Waals surface area contributed by atoms with E-state index in [1.807, 2.05) is 62.4 Å². The van der Waals surface area contributed by atoms with Gasteiger partial charge in [0.15, 0.2) is 5.16 Å². The van der Waals surface area contributed by atoms with Crippen LogP contribution in [0.5, 0.6) is 11.5 Å². The largest absolute Gasteiger partial charge is 0.497 e. The van der Waals surface area contributed by atoms with Gasteiger partial charge < -0.3 is 19.7 Å². The summed E-state index contributed by atoms with van der Waals surface area (Å²) in [4.78, 5) is 38.3. The second-order valence-electron chi connectivity index (χ2n) is 9.12. The molecule has 0 fully saturated rings. The minimum Gasteiger partial charge on any atom is -0.497 e. The van der Waals surface area contributed by atoms with Crippen LogP contribution >= 0.6 is 11.8 Å². The summed E-state index contributed by atoms with van der Waals surface area (Å²) in [6.45, 7) is 4.03. The molecule has 8 nitrogen and oxygen atoms in total. The fraction of sp³-hybridized carbons (Fsp3) is 0.226. The highest BCUT2D eigenvalue weighted by atomic mass is 32.2. The predicted octanol–water partition coefficient (Wildman–Crippen LogP) is 5.61. The molecule has 9 heteroatoms. The van der Waals surface area contributed by atoms with Gasteiger partial charge in [-0.3, -0.25) is 9.59 Å². The number of hydrogen-bond acceptors (Lipinski definition) is 7. The number of aromatic nitrogens is 2. The molecule has 0 aliphatic rings. The van der Waals surface area contributed by atoms with Crippen molar-refractivity contribution >= 4 is 29.3 Å². The standard InChI is InChI=1S/C31H32N4O4S/c1-21-18-22(2)33-31(32-21)40-20-28(36)35(19-23-8-6-5-7-9-23)29(24-10-14-26(38-3)15-11-24)30(37)34-25-12-16-27(39-4)17-13-25/h5-18,29H,19-20H2,1-4H3,(H,34,37). The molecule has 0 saturated heterocycles. The second kappa shape index (κ2) is 13.6. The first-order valence-corrected chi connectivity index (χ1v) is 13.7. The quantitative estimate of drug-likeness (QED) is 0.190. The first kappa shape index (κ1) is 28.6.